The number of hydrogen-bond donors (Lipinski definition) is 3. The van der Waals surface area contributed by atoms with E-state index in [9.17, 15) is 9.59 Å². The maximum absolute atomic E-state index is 12.2. The monoisotopic (exact) mass is 381 g/mol. The largest absolute Gasteiger partial charge is 0.352 e. The summed E-state index contributed by atoms with van der Waals surface area (Å²) in [5.41, 5.74) is 7.35. The summed E-state index contributed by atoms with van der Waals surface area (Å²) in [6.07, 6.45) is 2.50. The predicted octanol–water partition coefficient (Wildman–Crippen LogP) is 2.77. The quantitative estimate of drug-likeness (QED) is 0.679. The van der Waals surface area contributed by atoms with Crippen LogP contribution in [0, 0.1) is 5.92 Å². The molecular formula is C20H32ClN3O2. The van der Waals surface area contributed by atoms with Crippen molar-refractivity contribution in [2.24, 2.45) is 11.7 Å². The summed E-state index contributed by atoms with van der Waals surface area (Å²) < 4.78 is 0. The lowest BCUT2D eigenvalue weighted by molar-refractivity contribution is -0.122. The lowest BCUT2D eigenvalue weighted by Crippen LogP contribution is -2.53. The average molecular weight is 382 g/mol. The van der Waals surface area contributed by atoms with Gasteiger partial charge in [0.25, 0.3) is 5.91 Å². The highest BCUT2D eigenvalue weighted by Gasteiger charge is 2.41. The molecule has 1 fully saturated rings. The second kappa shape index (κ2) is 8.87. The fourth-order valence-electron chi connectivity index (χ4n) is 2.93. The molecule has 2 rings (SSSR count). The molecule has 1 atom stereocenters. The Morgan fingerprint density at radius 1 is 1.12 bits per heavy atom. The third-order valence-corrected chi connectivity index (χ3v) is 4.98. The minimum atomic E-state index is -0.316. The second-order valence-electron chi connectivity index (χ2n) is 8.28. The molecule has 1 aromatic carbocycles. The van der Waals surface area contributed by atoms with Crippen molar-refractivity contribution in [2.75, 3.05) is 13.1 Å². The van der Waals surface area contributed by atoms with Gasteiger partial charge in [0.15, 0.2) is 0 Å². The Balaban J connectivity index is 0.00000338. The molecule has 146 valence electrons. The molecule has 1 aromatic rings. The molecule has 0 bridgehead atoms. The Bertz CT molecular complexity index is 621. The van der Waals surface area contributed by atoms with Gasteiger partial charge >= 0.3 is 0 Å². The SMILES string of the molecule is CC(C)(C)c1ccc(C(=O)NCCC(=O)NC(C)(CN)C2CC2)cc1.Cl. The van der Waals surface area contributed by atoms with Crippen LogP contribution in [0.4, 0.5) is 0 Å². The molecular weight excluding hydrogens is 350 g/mol. The zero-order valence-electron chi connectivity index (χ0n) is 16.2. The number of benzene rings is 1. The number of carbonyl (C=O) groups is 2. The Hall–Kier alpha value is -1.59. The lowest BCUT2D eigenvalue weighted by Gasteiger charge is -2.29. The zero-order valence-corrected chi connectivity index (χ0v) is 17.0. The van der Waals surface area contributed by atoms with E-state index in [0.717, 1.165) is 12.8 Å². The number of nitrogens with two attached hydrogens (primary N) is 1. The van der Waals surface area contributed by atoms with Gasteiger partial charge in [0.05, 0.1) is 5.54 Å². The number of carbonyl (C=O) groups excluding carboxylic acids is 2. The summed E-state index contributed by atoms with van der Waals surface area (Å²) in [6.45, 7) is 9.16. The van der Waals surface area contributed by atoms with Crippen molar-refractivity contribution >= 4 is 24.2 Å². The summed E-state index contributed by atoms with van der Waals surface area (Å²) in [4.78, 5) is 24.3. The van der Waals surface area contributed by atoms with Gasteiger partial charge in [-0.1, -0.05) is 32.9 Å². The van der Waals surface area contributed by atoms with Crippen LogP contribution >= 0.6 is 12.4 Å². The fraction of sp³-hybridized carbons (Fsp3) is 0.600. The van der Waals surface area contributed by atoms with E-state index in [1.54, 1.807) is 0 Å². The zero-order chi connectivity index (χ0) is 18.7. The summed E-state index contributed by atoms with van der Waals surface area (Å²) >= 11 is 0. The van der Waals surface area contributed by atoms with Crippen LogP contribution in [0.25, 0.3) is 0 Å². The van der Waals surface area contributed by atoms with Gasteiger partial charge in [-0.15, -0.1) is 12.4 Å². The van der Waals surface area contributed by atoms with Gasteiger partial charge in [0.2, 0.25) is 5.91 Å². The van der Waals surface area contributed by atoms with Crippen LogP contribution < -0.4 is 16.4 Å². The molecule has 0 aromatic heterocycles. The molecule has 0 aliphatic heterocycles. The molecule has 0 saturated heterocycles. The predicted molar refractivity (Wildman–Crippen MR) is 108 cm³/mol. The van der Waals surface area contributed by atoms with Gasteiger partial charge < -0.3 is 16.4 Å². The lowest BCUT2D eigenvalue weighted by atomic mass is 9.87. The Morgan fingerprint density at radius 3 is 2.15 bits per heavy atom. The highest BCUT2D eigenvalue weighted by molar-refractivity contribution is 5.94. The minimum Gasteiger partial charge on any atom is -0.352 e. The van der Waals surface area contributed by atoms with Crippen molar-refractivity contribution in [2.45, 2.75) is 57.9 Å². The van der Waals surface area contributed by atoms with Crippen molar-refractivity contribution in [3.8, 4) is 0 Å². The van der Waals surface area contributed by atoms with Crippen LogP contribution in [0.5, 0.6) is 0 Å². The molecule has 1 unspecified atom stereocenters. The summed E-state index contributed by atoms with van der Waals surface area (Å²) in [5, 5.41) is 5.83. The van der Waals surface area contributed by atoms with Gasteiger partial charge in [-0.05, 0) is 48.8 Å². The van der Waals surface area contributed by atoms with Crippen molar-refractivity contribution in [1.29, 1.82) is 0 Å². The summed E-state index contributed by atoms with van der Waals surface area (Å²) in [5.74, 6) is 0.262. The normalized spacial score (nSPS) is 16.2. The van der Waals surface area contributed by atoms with Gasteiger partial charge in [-0.3, -0.25) is 9.59 Å². The van der Waals surface area contributed by atoms with Crippen molar-refractivity contribution < 1.29 is 9.59 Å². The topological polar surface area (TPSA) is 84.2 Å². The molecule has 0 radical (unpaired) electrons. The average Bonchev–Trinajstić information content (AvgIpc) is 3.39. The highest BCUT2D eigenvalue weighted by atomic mass is 35.5. The smallest absolute Gasteiger partial charge is 0.251 e. The first kappa shape index (κ1) is 22.5. The first-order valence-electron chi connectivity index (χ1n) is 9.05. The van der Waals surface area contributed by atoms with Gasteiger partial charge in [-0.25, -0.2) is 0 Å². The maximum Gasteiger partial charge on any atom is 0.251 e. The van der Waals surface area contributed by atoms with Crippen LogP contribution in [0.15, 0.2) is 24.3 Å². The van der Waals surface area contributed by atoms with Crippen molar-refractivity contribution in [3.05, 3.63) is 35.4 Å². The number of halogens is 1. The third-order valence-electron chi connectivity index (χ3n) is 4.98. The fourth-order valence-corrected chi connectivity index (χ4v) is 2.93. The van der Waals surface area contributed by atoms with Crippen LogP contribution in [-0.2, 0) is 10.2 Å². The number of hydrogen-bond acceptors (Lipinski definition) is 3. The highest BCUT2D eigenvalue weighted by Crippen LogP contribution is 2.38. The second-order valence-corrected chi connectivity index (χ2v) is 8.28. The van der Waals surface area contributed by atoms with E-state index in [1.165, 1.54) is 5.56 Å². The van der Waals surface area contributed by atoms with Crippen molar-refractivity contribution in [1.82, 2.24) is 10.6 Å². The number of amides is 2. The number of nitrogens with one attached hydrogen (secondary N) is 2. The molecule has 1 saturated carbocycles. The maximum atomic E-state index is 12.2. The molecule has 4 N–H and O–H groups in total. The van der Waals surface area contributed by atoms with Gasteiger partial charge in [0, 0.05) is 25.1 Å². The summed E-state index contributed by atoms with van der Waals surface area (Å²) in [6, 6.07) is 7.61. The Labute approximate surface area is 162 Å². The Kier molecular flexibility index (Phi) is 7.66. The minimum absolute atomic E-state index is 0. The van der Waals surface area contributed by atoms with Crippen LogP contribution in [-0.4, -0.2) is 30.4 Å². The van der Waals surface area contributed by atoms with E-state index < -0.39 is 0 Å². The van der Waals surface area contributed by atoms with E-state index in [1.807, 2.05) is 31.2 Å². The van der Waals surface area contributed by atoms with Crippen LogP contribution in [0.1, 0.15) is 62.9 Å². The van der Waals surface area contributed by atoms with E-state index >= 15 is 0 Å². The van der Waals surface area contributed by atoms with E-state index in [-0.39, 0.29) is 41.6 Å². The van der Waals surface area contributed by atoms with E-state index in [2.05, 4.69) is 31.4 Å². The standard InChI is InChI=1S/C20H31N3O2.ClH/c1-19(2,3)15-7-5-14(6-8-15)18(25)22-12-11-17(24)23-20(4,13-21)16-9-10-16;/h5-8,16H,9-13,21H2,1-4H3,(H,22,25)(H,23,24);1H. The molecule has 0 heterocycles. The first-order valence-corrected chi connectivity index (χ1v) is 9.05. The molecule has 2 amide bonds. The first-order chi connectivity index (χ1) is 11.7. The molecule has 1 aliphatic rings. The molecule has 1 aliphatic carbocycles. The number of rotatable bonds is 7. The molecule has 6 heteroatoms. The molecule has 26 heavy (non-hydrogen) atoms. The van der Waals surface area contributed by atoms with Gasteiger partial charge in [-0.2, -0.15) is 0 Å². The van der Waals surface area contributed by atoms with Crippen LogP contribution in [0.3, 0.4) is 0 Å². The van der Waals surface area contributed by atoms with Gasteiger partial charge in [0.1, 0.15) is 0 Å². The third kappa shape index (κ3) is 5.99. The molecule has 5 nitrogen and oxygen atoms in total. The van der Waals surface area contributed by atoms with Crippen LogP contribution in [0.2, 0.25) is 0 Å². The Morgan fingerprint density at radius 2 is 1.69 bits per heavy atom. The van der Waals surface area contributed by atoms with Crippen molar-refractivity contribution in [3.63, 3.8) is 0 Å². The summed E-state index contributed by atoms with van der Waals surface area (Å²) in [7, 11) is 0. The van der Waals surface area contributed by atoms with E-state index in [0.29, 0.717) is 24.6 Å². The molecule has 0 spiro atoms. The van der Waals surface area contributed by atoms with E-state index in [4.69, 9.17) is 5.73 Å².